The molecule has 0 rings (SSSR count). The monoisotopic (exact) mass is 383 g/mol. The molecule has 4 N–H and O–H groups in total. The van der Waals surface area contributed by atoms with Crippen LogP contribution >= 0.6 is 7.82 Å². The summed E-state index contributed by atoms with van der Waals surface area (Å²) >= 11 is 0. The molecular formula is C15H30NO8P. The molecule has 0 heterocycles. The number of phosphoric acid groups is 1. The van der Waals surface area contributed by atoms with E-state index in [9.17, 15) is 19.0 Å². The number of hydrogen-bond acceptors (Lipinski definition) is 7. The molecule has 0 aromatic heterocycles. The van der Waals surface area contributed by atoms with Crippen molar-refractivity contribution in [2.24, 2.45) is 0 Å². The fourth-order valence-electron chi connectivity index (χ4n) is 1.60. The Morgan fingerprint density at radius 3 is 2.44 bits per heavy atom. The van der Waals surface area contributed by atoms with Gasteiger partial charge in [-0.2, -0.15) is 6.42 Å². The largest absolute Gasteiger partial charge is 0.472 e. The van der Waals surface area contributed by atoms with Crippen LogP contribution in [0, 0.1) is 6.92 Å². The Kier molecular flexibility index (Phi) is 13.6. The molecule has 2 atom stereocenters. The van der Waals surface area contributed by atoms with Gasteiger partial charge in [0, 0.05) is 12.8 Å². The number of carbonyl (C=O) groups is 2. The fourth-order valence-corrected chi connectivity index (χ4v) is 2.39. The molecule has 25 heavy (non-hydrogen) atoms. The van der Waals surface area contributed by atoms with Crippen LogP contribution in [0.2, 0.25) is 0 Å². The number of hydrogen-bond donors (Lipinski definition) is 2. The van der Waals surface area contributed by atoms with E-state index in [2.05, 4.69) is 17.2 Å². The Morgan fingerprint density at radius 2 is 1.84 bits per heavy atom. The highest BCUT2D eigenvalue weighted by Crippen LogP contribution is 2.42. The standard InChI is InChI=1S/C15H29NO8P/c1-3-5-7-14(17)21-11-13(24-15(18)8-6-4-2)12-23-25(19,20)22-10-9-16/h13H,1,3-12,16H2,2H3,(H,19,20)/q-1/p+1/t13-/m1/s1. The second-order valence-electron chi connectivity index (χ2n) is 5.31. The molecule has 0 saturated carbocycles. The molecule has 10 heteroatoms. The molecule has 0 amide bonds. The maximum atomic E-state index is 11.7. The Hall–Kier alpha value is -0.990. The maximum absolute atomic E-state index is 11.7. The summed E-state index contributed by atoms with van der Waals surface area (Å²) in [5.41, 5.74) is 3.48. The van der Waals surface area contributed by atoms with Gasteiger partial charge in [0.25, 0.3) is 0 Å². The van der Waals surface area contributed by atoms with E-state index in [1.165, 1.54) is 0 Å². The molecule has 0 spiro atoms. The lowest BCUT2D eigenvalue weighted by Crippen LogP contribution is -2.52. The van der Waals surface area contributed by atoms with Crippen molar-refractivity contribution in [2.75, 3.05) is 26.4 Å². The molecule has 0 aromatic rings. The van der Waals surface area contributed by atoms with Gasteiger partial charge in [-0.1, -0.05) is 19.8 Å². The first-order chi connectivity index (χ1) is 11.8. The zero-order valence-electron chi connectivity index (χ0n) is 14.8. The van der Waals surface area contributed by atoms with Gasteiger partial charge in [-0.15, -0.1) is 0 Å². The van der Waals surface area contributed by atoms with Crippen LogP contribution in [0.25, 0.3) is 0 Å². The van der Waals surface area contributed by atoms with E-state index in [0.717, 1.165) is 6.42 Å². The molecule has 9 nitrogen and oxygen atoms in total. The van der Waals surface area contributed by atoms with Gasteiger partial charge in [-0.3, -0.25) is 18.6 Å². The van der Waals surface area contributed by atoms with E-state index in [0.29, 0.717) is 25.8 Å². The predicted octanol–water partition coefficient (Wildman–Crippen LogP) is 1.01. The average molecular weight is 383 g/mol. The molecule has 0 radical (unpaired) electrons. The highest BCUT2D eigenvalue weighted by molar-refractivity contribution is 7.47. The maximum Gasteiger partial charge on any atom is 0.472 e. The van der Waals surface area contributed by atoms with Crippen molar-refractivity contribution >= 4 is 19.8 Å². The number of esters is 2. The van der Waals surface area contributed by atoms with Gasteiger partial charge < -0.3 is 27.0 Å². The Morgan fingerprint density at radius 1 is 1.16 bits per heavy atom. The van der Waals surface area contributed by atoms with Crippen molar-refractivity contribution in [3.63, 3.8) is 0 Å². The minimum Gasteiger partial charge on any atom is -0.462 e. The third-order valence-electron chi connectivity index (χ3n) is 2.92. The van der Waals surface area contributed by atoms with E-state index in [4.69, 9.17) is 14.0 Å². The summed E-state index contributed by atoms with van der Waals surface area (Å²) in [4.78, 5) is 32.8. The fraction of sp³-hybridized carbons (Fsp3) is 0.800. The predicted molar refractivity (Wildman–Crippen MR) is 89.1 cm³/mol. The van der Waals surface area contributed by atoms with Crippen LogP contribution in [0.15, 0.2) is 0 Å². The van der Waals surface area contributed by atoms with Crippen molar-refractivity contribution in [1.82, 2.24) is 0 Å². The average Bonchev–Trinajstić information content (AvgIpc) is 2.58. The van der Waals surface area contributed by atoms with Gasteiger partial charge in [-0.25, -0.2) is 4.57 Å². The smallest absolute Gasteiger partial charge is 0.462 e. The lowest BCUT2D eigenvalue weighted by atomic mass is 10.2. The number of carbonyl (C=O) groups excluding carboxylic acids is 2. The second kappa shape index (κ2) is 14.2. The van der Waals surface area contributed by atoms with Crippen molar-refractivity contribution in [3.8, 4) is 0 Å². The highest BCUT2D eigenvalue weighted by atomic mass is 31.2. The van der Waals surface area contributed by atoms with E-state index >= 15 is 0 Å². The number of phosphoric ester groups is 1. The quantitative estimate of drug-likeness (QED) is 0.243. The first-order valence-corrected chi connectivity index (χ1v) is 9.89. The molecule has 0 aromatic carbocycles. The Balaban J connectivity index is 4.52. The Labute approximate surface area is 148 Å². The molecule has 0 aliphatic heterocycles. The van der Waals surface area contributed by atoms with E-state index in [1.807, 2.05) is 6.92 Å². The van der Waals surface area contributed by atoms with Crippen LogP contribution in [-0.2, 0) is 32.7 Å². The van der Waals surface area contributed by atoms with Crippen LogP contribution < -0.4 is 5.73 Å². The molecule has 0 fully saturated rings. The number of ether oxygens (including phenoxy) is 2. The number of quaternary nitrogens is 1. The van der Waals surface area contributed by atoms with Crippen molar-refractivity contribution < 1.29 is 43.3 Å². The first-order valence-electron chi connectivity index (χ1n) is 8.40. The summed E-state index contributed by atoms with van der Waals surface area (Å²) < 4.78 is 31.3. The summed E-state index contributed by atoms with van der Waals surface area (Å²) in [6.45, 7) is 5.12. The second-order valence-corrected chi connectivity index (χ2v) is 6.76. The van der Waals surface area contributed by atoms with Gasteiger partial charge >= 0.3 is 19.8 Å². The zero-order chi connectivity index (χ0) is 19.1. The molecule has 0 aliphatic rings. The van der Waals surface area contributed by atoms with E-state index in [1.54, 1.807) is 0 Å². The van der Waals surface area contributed by atoms with Gasteiger partial charge in [0.15, 0.2) is 6.10 Å². The van der Waals surface area contributed by atoms with Gasteiger partial charge in [0.05, 0.1) is 13.2 Å². The number of rotatable bonds is 15. The lowest BCUT2D eigenvalue weighted by molar-refractivity contribution is -0.371. The van der Waals surface area contributed by atoms with E-state index in [-0.39, 0.29) is 26.1 Å². The summed E-state index contributed by atoms with van der Waals surface area (Å²) in [7, 11) is -4.27. The molecule has 148 valence electrons. The van der Waals surface area contributed by atoms with E-state index < -0.39 is 32.5 Å². The molecule has 0 saturated heterocycles. The van der Waals surface area contributed by atoms with Crippen molar-refractivity contribution in [1.29, 1.82) is 0 Å². The summed E-state index contributed by atoms with van der Waals surface area (Å²) in [5, 5.41) is 0. The molecular weight excluding hydrogens is 353 g/mol. The number of unbranched alkanes of at least 4 members (excludes halogenated alkanes) is 2. The van der Waals surface area contributed by atoms with Gasteiger partial charge in [0.2, 0.25) is 0 Å². The summed E-state index contributed by atoms with van der Waals surface area (Å²) in [6, 6.07) is 0. The van der Waals surface area contributed by atoms with Crippen molar-refractivity contribution in [3.05, 3.63) is 6.92 Å². The van der Waals surface area contributed by atoms with Crippen LogP contribution in [0.3, 0.4) is 0 Å². The molecule has 0 bridgehead atoms. The van der Waals surface area contributed by atoms with Crippen molar-refractivity contribution in [2.45, 2.75) is 51.6 Å². The SMILES string of the molecule is [CH2-]CCCC(=O)OC[C@H](COP(=O)(O)OCC[NH3+])OC(=O)CCCC. The molecule has 0 aliphatic carbocycles. The minimum absolute atomic E-state index is 0.0469. The van der Waals surface area contributed by atoms with Gasteiger partial charge in [0.1, 0.15) is 13.2 Å². The van der Waals surface area contributed by atoms with Crippen LogP contribution in [-0.4, -0.2) is 49.3 Å². The molecule has 1 unspecified atom stereocenters. The summed E-state index contributed by atoms with van der Waals surface area (Å²) in [5.74, 6) is -0.950. The van der Waals surface area contributed by atoms with Crippen LogP contribution in [0.4, 0.5) is 0 Å². The minimum atomic E-state index is -4.27. The topological polar surface area (TPSA) is 136 Å². The first kappa shape index (κ1) is 24.0. The van der Waals surface area contributed by atoms with Crippen LogP contribution in [0.5, 0.6) is 0 Å². The van der Waals surface area contributed by atoms with Crippen LogP contribution in [0.1, 0.15) is 45.4 Å². The summed E-state index contributed by atoms with van der Waals surface area (Å²) in [6.07, 6.45) is 2.08. The third-order valence-corrected chi connectivity index (χ3v) is 3.90. The van der Waals surface area contributed by atoms with Gasteiger partial charge in [-0.05, 0) is 6.42 Å². The Bertz CT molecular complexity index is 432. The zero-order valence-corrected chi connectivity index (χ0v) is 15.7. The lowest BCUT2D eigenvalue weighted by Gasteiger charge is -2.19. The normalized spacial score (nSPS) is 14.6. The third kappa shape index (κ3) is 13.9. The highest BCUT2D eigenvalue weighted by Gasteiger charge is 2.25.